The summed E-state index contributed by atoms with van der Waals surface area (Å²) >= 11 is 0. The van der Waals surface area contributed by atoms with Gasteiger partial charge >= 0.3 is 0 Å². The lowest BCUT2D eigenvalue weighted by Crippen LogP contribution is -2.44. The van der Waals surface area contributed by atoms with Crippen molar-refractivity contribution < 1.29 is 19.0 Å². The van der Waals surface area contributed by atoms with Crippen molar-refractivity contribution in [2.24, 2.45) is 11.8 Å². The quantitative estimate of drug-likeness (QED) is 0.648. The Hall–Kier alpha value is -1.63. The molecule has 0 N–H and O–H groups in total. The largest absolute Gasteiger partial charge is 0.496 e. The number of nitrogens with zero attached hydrogens (tertiary/aromatic N) is 2. The van der Waals surface area contributed by atoms with Crippen molar-refractivity contribution in [3.8, 4) is 5.75 Å². The maximum atomic E-state index is 12.9. The molecule has 1 aromatic carbocycles. The lowest BCUT2D eigenvalue weighted by atomic mass is 9.95. The van der Waals surface area contributed by atoms with E-state index in [1.165, 1.54) is 5.56 Å². The van der Waals surface area contributed by atoms with Crippen molar-refractivity contribution in [1.29, 1.82) is 0 Å². The first-order valence-electron chi connectivity index (χ1n) is 10.4. The van der Waals surface area contributed by atoms with E-state index in [4.69, 9.17) is 14.2 Å². The Morgan fingerprint density at radius 3 is 2.68 bits per heavy atom. The van der Waals surface area contributed by atoms with Gasteiger partial charge in [-0.25, -0.2) is 0 Å². The Kier molecular flexibility index (Phi) is 8.13. The molecule has 0 bridgehead atoms. The molecule has 2 aliphatic heterocycles. The Morgan fingerprint density at radius 1 is 1.21 bits per heavy atom. The first-order valence-corrected chi connectivity index (χ1v) is 10.4. The molecule has 2 saturated heterocycles. The first kappa shape index (κ1) is 21.1. The van der Waals surface area contributed by atoms with Crippen LogP contribution in [0.3, 0.4) is 0 Å². The number of amides is 1. The summed E-state index contributed by atoms with van der Waals surface area (Å²) < 4.78 is 16.1. The minimum atomic E-state index is 0.0301. The molecular weight excluding hydrogens is 356 g/mol. The van der Waals surface area contributed by atoms with Crippen LogP contribution in [0.15, 0.2) is 24.3 Å². The van der Waals surface area contributed by atoms with Gasteiger partial charge in [-0.2, -0.15) is 0 Å². The highest BCUT2D eigenvalue weighted by Crippen LogP contribution is 2.25. The van der Waals surface area contributed by atoms with Crippen LogP contribution in [0.5, 0.6) is 5.75 Å². The average Bonchev–Trinajstić information content (AvgIpc) is 3.27. The van der Waals surface area contributed by atoms with Crippen LogP contribution in [0.2, 0.25) is 0 Å². The number of piperidine rings is 1. The van der Waals surface area contributed by atoms with Crippen molar-refractivity contribution >= 4 is 5.91 Å². The molecule has 0 saturated carbocycles. The van der Waals surface area contributed by atoms with Gasteiger partial charge in [-0.3, -0.25) is 9.69 Å². The van der Waals surface area contributed by atoms with Gasteiger partial charge in [0.25, 0.3) is 0 Å². The monoisotopic (exact) mass is 390 g/mol. The van der Waals surface area contributed by atoms with Crippen LogP contribution in [0.1, 0.15) is 24.8 Å². The molecule has 1 unspecified atom stereocenters. The third kappa shape index (κ3) is 5.69. The summed E-state index contributed by atoms with van der Waals surface area (Å²) in [5, 5.41) is 0. The normalized spacial score (nSPS) is 21.0. The number of hydrogen-bond acceptors (Lipinski definition) is 5. The van der Waals surface area contributed by atoms with Gasteiger partial charge in [0.2, 0.25) is 5.91 Å². The van der Waals surface area contributed by atoms with Gasteiger partial charge in [-0.15, -0.1) is 0 Å². The predicted molar refractivity (Wildman–Crippen MR) is 108 cm³/mol. The van der Waals surface area contributed by atoms with Crippen LogP contribution in [0, 0.1) is 11.8 Å². The van der Waals surface area contributed by atoms with E-state index in [1.54, 1.807) is 14.2 Å². The van der Waals surface area contributed by atoms with E-state index < -0.39 is 0 Å². The van der Waals surface area contributed by atoms with Gasteiger partial charge in [-0.1, -0.05) is 18.2 Å². The summed E-state index contributed by atoms with van der Waals surface area (Å²) in [6.45, 7) is 6.40. The second-order valence-electron chi connectivity index (χ2n) is 7.87. The van der Waals surface area contributed by atoms with Crippen LogP contribution in [-0.2, 0) is 20.8 Å². The van der Waals surface area contributed by atoms with E-state index in [1.807, 2.05) is 17.0 Å². The number of likely N-dealkylation sites (tertiary alicyclic amines) is 1. The van der Waals surface area contributed by atoms with Crippen molar-refractivity contribution in [2.75, 3.05) is 60.2 Å². The highest BCUT2D eigenvalue weighted by molar-refractivity contribution is 5.79. The molecule has 156 valence electrons. The summed E-state index contributed by atoms with van der Waals surface area (Å²) in [5.74, 6) is 1.78. The number of ether oxygens (including phenoxy) is 3. The molecule has 3 rings (SSSR count). The minimum absolute atomic E-state index is 0.0301. The fraction of sp³-hybridized carbons (Fsp3) is 0.682. The summed E-state index contributed by atoms with van der Waals surface area (Å²) in [5.41, 5.74) is 1.24. The van der Waals surface area contributed by atoms with E-state index in [2.05, 4.69) is 17.0 Å². The van der Waals surface area contributed by atoms with Crippen molar-refractivity contribution in [1.82, 2.24) is 9.80 Å². The number of carbonyl (C=O) groups is 1. The summed E-state index contributed by atoms with van der Waals surface area (Å²) in [6, 6.07) is 8.24. The zero-order valence-corrected chi connectivity index (χ0v) is 17.3. The third-order valence-electron chi connectivity index (χ3n) is 5.93. The molecule has 2 fully saturated rings. The number of methoxy groups -OCH3 is 2. The molecule has 1 amide bonds. The van der Waals surface area contributed by atoms with E-state index in [0.29, 0.717) is 32.3 Å². The van der Waals surface area contributed by atoms with Crippen LogP contribution < -0.4 is 4.74 Å². The molecule has 6 heteroatoms. The Morgan fingerprint density at radius 2 is 2.00 bits per heavy atom. The lowest BCUT2D eigenvalue weighted by Gasteiger charge is -2.35. The van der Waals surface area contributed by atoms with Crippen LogP contribution >= 0.6 is 0 Å². The molecule has 0 aliphatic carbocycles. The van der Waals surface area contributed by atoms with Gasteiger partial charge in [0.1, 0.15) is 5.75 Å². The molecule has 2 aliphatic rings. The molecule has 1 atom stereocenters. The predicted octanol–water partition coefficient (Wildman–Crippen LogP) is 2.42. The van der Waals surface area contributed by atoms with E-state index in [9.17, 15) is 4.79 Å². The second-order valence-corrected chi connectivity index (χ2v) is 7.87. The molecule has 1 aromatic rings. The smallest absolute Gasteiger partial charge is 0.228 e. The van der Waals surface area contributed by atoms with Crippen molar-refractivity contribution in [2.45, 2.75) is 25.8 Å². The summed E-state index contributed by atoms with van der Waals surface area (Å²) in [6.07, 6.45) is 3.08. The lowest BCUT2D eigenvalue weighted by molar-refractivity contribution is -0.137. The van der Waals surface area contributed by atoms with Gasteiger partial charge in [-0.05, 0) is 44.3 Å². The number of hydrogen-bond donors (Lipinski definition) is 0. The topological polar surface area (TPSA) is 51.2 Å². The molecule has 2 heterocycles. The van der Waals surface area contributed by atoms with Crippen molar-refractivity contribution in [3.63, 3.8) is 0 Å². The number of rotatable bonds is 9. The molecule has 6 nitrogen and oxygen atoms in total. The molecule has 0 radical (unpaired) electrons. The molecule has 28 heavy (non-hydrogen) atoms. The first-order chi connectivity index (χ1) is 13.7. The standard InChI is InChI=1S/C22H34N2O4/c1-26-14-12-24(22(25)20-9-13-28-17-20)15-18-7-10-23(11-8-18)16-19-5-3-4-6-21(19)27-2/h3-6,18,20H,7-17H2,1-2H3. The third-order valence-corrected chi connectivity index (χ3v) is 5.93. The van der Waals surface area contributed by atoms with E-state index in [-0.39, 0.29) is 11.8 Å². The van der Waals surface area contributed by atoms with Gasteiger partial charge in [0.05, 0.1) is 26.2 Å². The summed E-state index contributed by atoms with van der Waals surface area (Å²) in [4.78, 5) is 17.4. The Bertz CT molecular complexity index is 610. The van der Waals surface area contributed by atoms with Crippen LogP contribution in [0.4, 0.5) is 0 Å². The summed E-state index contributed by atoms with van der Waals surface area (Å²) in [7, 11) is 3.42. The van der Waals surface area contributed by atoms with E-state index >= 15 is 0 Å². The van der Waals surface area contributed by atoms with E-state index in [0.717, 1.165) is 51.2 Å². The van der Waals surface area contributed by atoms with Crippen LogP contribution in [0.25, 0.3) is 0 Å². The van der Waals surface area contributed by atoms with Crippen LogP contribution in [-0.4, -0.2) is 75.9 Å². The minimum Gasteiger partial charge on any atom is -0.496 e. The maximum absolute atomic E-state index is 12.9. The Balaban J connectivity index is 1.50. The SMILES string of the molecule is COCCN(CC1CCN(Cc2ccccc2OC)CC1)C(=O)C1CCOC1. The van der Waals surface area contributed by atoms with Crippen molar-refractivity contribution in [3.05, 3.63) is 29.8 Å². The molecular formula is C22H34N2O4. The fourth-order valence-electron chi connectivity index (χ4n) is 4.19. The highest BCUT2D eigenvalue weighted by Gasteiger charge is 2.30. The number of benzene rings is 1. The zero-order valence-electron chi connectivity index (χ0n) is 17.3. The number of para-hydroxylation sites is 1. The van der Waals surface area contributed by atoms with Gasteiger partial charge in [0, 0.05) is 38.9 Å². The second kappa shape index (κ2) is 10.8. The zero-order chi connectivity index (χ0) is 19.8. The maximum Gasteiger partial charge on any atom is 0.228 e. The highest BCUT2D eigenvalue weighted by atomic mass is 16.5. The number of carbonyl (C=O) groups excluding carboxylic acids is 1. The average molecular weight is 391 g/mol. The van der Waals surface area contributed by atoms with Gasteiger partial charge in [0.15, 0.2) is 0 Å². The molecule has 0 aromatic heterocycles. The fourth-order valence-corrected chi connectivity index (χ4v) is 4.19. The molecule has 0 spiro atoms. The van der Waals surface area contributed by atoms with Gasteiger partial charge < -0.3 is 19.1 Å². The Labute approximate surface area is 168 Å².